The number of ketones is 1. The first-order valence-corrected chi connectivity index (χ1v) is 3.20. The zero-order valence-electron chi connectivity index (χ0n) is 5.29. The van der Waals surface area contributed by atoms with Crippen molar-refractivity contribution in [2.75, 3.05) is 20.2 Å². The van der Waals surface area contributed by atoms with Crippen LogP contribution < -0.4 is 5.32 Å². The highest BCUT2D eigenvalue weighted by molar-refractivity contribution is 7.81. The smallest absolute Gasteiger partial charge is 0.172 e. The number of Topliss-reactive ketones (excluding diaryl/α,β-unsaturated/α-hetero) is 1. The van der Waals surface area contributed by atoms with E-state index in [4.69, 9.17) is 5.11 Å². The summed E-state index contributed by atoms with van der Waals surface area (Å²) in [6.07, 6.45) is 0. The summed E-state index contributed by atoms with van der Waals surface area (Å²) in [6, 6.07) is 0. The third kappa shape index (κ3) is 3.51. The number of aliphatic hydroxyl groups excluding tert-OH is 1. The highest BCUT2D eigenvalue weighted by Crippen LogP contribution is 1.92. The van der Waals surface area contributed by atoms with Gasteiger partial charge in [0.1, 0.15) is 6.61 Å². The third-order valence-electron chi connectivity index (χ3n) is 0.925. The molecule has 0 saturated heterocycles. The van der Waals surface area contributed by atoms with Crippen LogP contribution in [0.2, 0.25) is 0 Å². The summed E-state index contributed by atoms with van der Waals surface area (Å²) in [5, 5.41) is 10.7. The molecule has 1 atom stereocenters. The number of carbonyl (C=O) groups excluding carboxylic acids is 1. The molecule has 0 heterocycles. The van der Waals surface area contributed by atoms with Gasteiger partial charge in [-0.3, -0.25) is 4.79 Å². The molecule has 0 rings (SSSR count). The van der Waals surface area contributed by atoms with E-state index in [9.17, 15) is 4.79 Å². The van der Waals surface area contributed by atoms with Crippen LogP contribution in [0.5, 0.6) is 0 Å². The molecule has 54 valence electrons. The van der Waals surface area contributed by atoms with Gasteiger partial charge in [-0.05, 0) is 7.05 Å². The molecule has 0 aliphatic rings. The first kappa shape index (κ1) is 8.94. The van der Waals surface area contributed by atoms with Crippen LogP contribution in [0.25, 0.3) is 0 Å². The fraction of sp³-hybridized carbons (Fsp3) is 0.800. The summed E-state index contributed by atoms with van der Waals surface area (Å²) in [5.74, 6) is -0.243. The Morgan fingerprint density at radius 2 is 2.44 bits per heavy atom. The van der Waals surface area contributed by atoms with Crippen molar-refractivity contribution >= 4 is 18.4 Å². The van der Waals surface area contributed by atoms with Gasteiger partial charge in [-0.15, -0.1) is 0 Å². The maximum atomic E-state index is 10.5. The molecule has 0 radical (unpaired) electrons. The fourth-order valence-corrected chi connectivity index (χ4v) is 0.677. The van der Waals surface area contributed by atoms with E-state index in [1.165, 1.54) is 0 Å². The van der Waals surface area contributed by atoms with Gasteiger partial charge in [-0.1, -0.05) is 0 Å². The second-order valence-corrected chi connectivity index (χ2v) is 2.32. The molecule has 1 unspecified atom stereocenters. The molecule has 0 aromatic rings. The van der Waals surface area contributed by atoms with E-state index in [1.54, 1.807) is 7.05 Å². The van der Waals surface area contributed by atoms with Crippen LogP contribution in [-0.4, -0.2) is 36.3 Å². The normalized spacial score (nSPS) is 13.2. The first-order valence-electron chi connectivity index (χ1n) is 2.68. The Labute approximate surface area is 59.9 Å². The fourth-order valence-electron chi connectivity index (χ4n) is 0.413. The van der Waals surface area contributed by atoms with Gasteiger partial charge in [0.25, 0.3) is 0 Å². The summed E-state index contributed by atoms with van der Waals surface area (Å²) in [4.78, 5) is 10.5. The van der Waals surface area contributed by atoms with Gasteiger partial charge in [0.15, 0.2) is 5.78 Å². The Bertz CT molecular complexity index is 97.0. The van der Waals surface area contributed by atoms with E-state index in [1.807, 2.05) is 0 Å². The molecule has 0 saturated carbocycles. The highest BCUT2D eigenvalue weighted by atomic mass is 32.1. The van der Waals surface area contributed by atoms with E-state index in [0.29, 0.717) is 6.54 Å². The molecular formula is C5H11NO2S. The molecule has 9 heavy (non-hydrogen) atoms. The lowest BCUT2D eigenvalue weighted by molar-refractivity contribution is -0.121. The maximum absolute atomic E-state index is 10.5. The number of thiol groups is 1. The van der Waals surface area contributed by atoms with Crippen LogP contribution in [-0.2, 0) is 4.79 Å². The largest absolute Gasteiger partial charge is 0.389 e. The summed E-state index contributed by atoms with van der Waals surface area (Å²) >= 11 is 3.91. The molecule has 0 fully saturated rings. The second kappa shape index (κ2) is 4.78. The zero-order chi connectivity index (χ0) is 7.28. The lowest BCUT2D eigenvalue weighted by Crippen LogP contribution is -2.28. The molecular weight excluding hydrogens is 138 g/mol. The van der Waals surface area contributed by atoms with Gasteiger partial charge < -0.3 is 10.4 Å². The van der Waals surface area contributed by atoms with Crippen molar-refractivity contribution in [3.63, 3.8) is 0 Å². The SMILES string of the molecule is CNCC(S)C(=O)CO. The number of carbonyl (C=O) groups is 1. The van der Waals surface area contributed by atoms with E-state index < -0.39 is 6.61 Å². The van der Waals surface area contributed by atoms with Crippen molar-refractivity contribution < 1.29 is 9.90 Å². The minimum absolute atomic E-state index is 0.243. The minimum Gasteiger partial charge on any atom is -0.389 e. The quantitative estimate of drug-likeness (QED) is 0.452. The summed E-state index contributed by atoms with van der Waals surface area (Å²) in [5.41, 5.74) is 0. The zero-order valence-corrected chi connectivity index (χ0v) is 6.19. The molecule has 0 amide bonds. The van der Waals surface area contributed by atoms with E-state index in [-0.39, 0.29) is 11.0 Å². The third-order valence-corrected chi connectivity index (χ3v) is 1.40. The Hall–Kier alpha value is -0.0600. The Balaban J connectivity index is 3.45. The summed E-state index contributed by atoms with van der Waals surface area (Å²) in [6.45, 7) is 0.0817. The van der Waals surface area contributed by atoms with Crippen molar-refractivity contribution in [2.45, 2.75) is 5.25 Å². The number of aliphatic hydroxyl groups is 1. The predicted octanol–water partition coefficient (Wildman–Crippen LogP) is -0.934. The van der Waals surface area contributed by atoms with E-state index >= 15 is 0 Å². The van der Waals surface area contributed by atoms with Gasteiger partial charge in [-0.25, -0.2) is 0 Å². The molecule has 0 bridgehead atoms. The van der Waals surface area contributed by atoms with Gasteiger partial charge in [0, 0.05) is 6.54 Å². The van der Waals surface area contributed by atoms with E-state index in [0.717, 1.165) is 0 Å². The standard InChI is InChI=1S/C5H11NO2S/c1-6-2-5(9)4(8)3-7/h5-7,9H,2-3H2,1H3. The molecule has 0 aromatic heterocycles. The molecule has 2 N–H and O–H groups in total. The van der Waals surface area contributed by atoms with Crippen LogP contribution in [0.4, 0.5) is 0 Å². The number of nitrogens with one attached hydrogen (secondary N) is 1. The van der Waals surface area contributed by atoms with Crippen molar-refractivity contribution in [1.29, 1.82) is 0 Å². The lowest BCUT2D eigenvalue weighted by atomic mass is 10.3. The van der Waals surface area contributed by atoms with Crippen LogP contribution in [0, 0.1) is 0 Å². The van der Waals surface area contributed by atoms with Gasteiger partial charge in [0.2, 0.25) is 0 Å². The van der Waals surface area contributed by atoms with Crippen LogP contribution >= 0.6 is 12.6 Å². The van der Waals surface area contributed by atoms with Crippen molar-refractivity contribution in [1.82, 2.24) is 5.32 Å². The highest BCUT2D eigenvalue weighted by Gasteiger charge is 2.09. The van der Waals surface area contributed by atoms with Gasteiger partial charge in [-0.2, -0.15) is 12.6 Å². The van der Waals surface area contributed by atoms with Crippen molar-refractivity contribution in [3.05, 3.63) is 0 Å². The van der Waals surface area contributed by atoms with Crippen molar-refractivity contribution in [3.8, 4) is 0 Å². The summed E-state index contributed by atoms with van der Waals surface area (Å²) in [7, 11) is 1.73. The van der Waals surface area contributed by atoms with Gasteiger partial charge in [0.05, 0.1) is 5.25 Å². The topological polar surface area (TPSA) is 49.3 Å². The average molecular weight is 149 g/mol. The molecule has 0 aromatic carbocycles. The van der Waals surface area contributed by atoms with Crippen LogP contribution in [0.1, 0.15) is 0 Å². The summed E-state index contributed by atoms with van der Waals surface area (Å²) < 4.78 is 0. The molecule has 0 spiro atoms. The minimum atomic E-state index is -0.421. The number of hydrogen-bond acceptors (Lipinski definition) is 4. The monoisotopic (exact) mass is 149 g/mol. The predicted molar refractivity (Wildman–Crippen MR) is 38.8 cm³/mol. The molecule has 3 nitrogen and oxygen atoms in total. The Kier molecular flexibility index (Phi) is 4.75. The van der Waals surface area contributed by atoms with Crippen LogP contribution in [0.15, 0.2) is 0 Å². The first-order chi connectivity index (χ1) is 4.22. The number of rotatable bonds is 4. The van der Waals surface area contributed by atoms with Crippen molar-refractivity contribution in [2.24, 2.45) is 0 Å². The van der Waals surface area contributed by atoms with E-state index in [2.05, 4.69) is 17.9 Å². The van der Waals surface area contributed by atoms with Gasteiger partial charge >= 0.3 is 0 Å². The second-order valence-electron chi connectivity index (χ2n) is 1.70. The molecule has 0 aliphatic carbocycles. The van der Waals surface area contributed by atoms with Crippen LogP contribution in [0.3, 0.4) is 0 Å². The average Bonchev–Trinajstić information content (AvgIpc) is 1.87. The molecule has 0 aliphatic heterocycles. The Morgan fingerprint density at radius 3 is 2.78 bits per heavy atom. The Morgan fingerprint density at radius 1 is 1.89 bits per heavy atom. The number of hydrogen-bond donors (Lipinski definition) is 3. The molecule has 4 heteroatoms. The lowest BCUT2D eigenvalue weighted by Gasteiger charge is -2.04. The maximum Gasteiger partial charge on any atom is 0.172 e.